The third-order valence-electron chi connectivity index (χ3n) is 3.38. The molecule has 0 aliphatic carbocycles. The highest BCUT2D eigenvalue weighted by Gasteiger charge is 2.15. The Morgan fingerprint density at radius 3 is 2.04 bits per heavy atom. The smallest absolute Gasteiger partial charge is 0.336 e. The van der Waals surface area contributed by atoms with Gasteiger partial charge in [-0.05, 0) is 35.3 Å². The average Bonchev–Trinajstić information content (AvgIpc) is 2.69. The Kier molecular flexibility index (Phi) is 3.16. The Balaban J connectivity index is 1.95. The van der Waals surface area contributed by atoms with E-state index in [1.54, 1.807) is 24.3 Å². The molecule has 1 amide bonds. The highest BCUT2D eigenvalue weighted by molar-refractivity contribution is 6.10. The number of rotatable bonds is 4. The monoisotopic (exact) mass is 321 g/mol. The zero-order valence-corrected chi connectivity index (χ0v) is 12.5. The van der Waals surface area contributed by atoms with Gasteiger partial charge in [0.1, 0.15) is 0 Å². The van der Waals surface area contributed by atoms with Crippen LogP contribution in [-0.2, 0) is 0 Å². The van der Waals surface area contributed by atoms with Crippen LogP contribution in [-0.4, -0.2) is 17.0 Å². The molecule has 0 saturated carbocycles. The summed E-state index contributed by atoms with van der Waals surface area (Å²) in [7, 11) is 0. The van der Waals surface area contributed by atoms with Crippen molar-refractivity contribution in [2.24, 2.45) is 0 Å². The van der Waals surface area contributed by atoms with Gasteiger partial charge < -0.3 is 10.4 Å². The van der Waals surface area contributed by atoms with E-state index in [0.29, 0.717) is 5.69 Å². The molecule has 0 aromatic heterocycles. The number of carbonyl (C=O) groups is 2. The second kappa shape index (κ2) is 6.79. The first-order valence-corrected chi connectivity index (χ1v) is 7.11. The second-order valence-electron chi connectivity index (χ2n) is 4.95. The molecule has 0 saturated heterocycles. The fourth-order valence-corrected chi connectivity index (χ4v) is 2.21. The van der Waals surface area contributed by atoms with E-state index in [4.69, 9.17) is 5.48 Å². The maximum absolute atomic E-state index is 12.6. The number of carboxylic acids is 1. The maximum atomic E-state index is 12.6. The van der Waals surface area contributed by atoms with Crippen LogP contribution < -0.4 is 5.32 Å². The molecule has 4 heteroatoms. The number of aromatic carboxylic acids is 1. The SMILES string of the molecule is [2H]c1c([2H])c([2H])c(C(=O)Nc2ccc(-c3ccccc3)cc2)c(C(=O)O)c1[2H]. The fraction of sp³-hybridized carbons (Fsp3) is 0. The minimum absolute atomic E-state index is 0.369. The van der Waals surface area contributed by atoms with Gasteiger partial charge in [-0.1, -0.05) is 54.5 Å². The van der Waals surface area contributed by atoms with Gasteiger partial charge in [-0.2, -0.15) is 0 Å². The summed E-state index contributed by atoms with van der Waals surface area (Å²) >= 11 is 0. The third kappa shape index (κ3) is 3.33. The van der Waals surface area contributed by atoms with Crippen molar-refractivity contribution in [3.63, 3.8) is 0 Å². The van der Waals surface area contributed by atoms with Gasteiger partial charge in [-0.15, -0.1) is 0 Å². The highest BCUT2D eigenvalue weighted by atomic mass is 16.4. The highest BCUT2D eigenvalue weighted by Crippen LogP contribution is 2.21. The van der Waals surface area contributed by atoms with E-state index in [1.807, 2.05) is 30.3 Å². The molecule has 118 valence electrons. The van der Waals surface area contributed by atoms with Crippen molar-refractivity contribution in [1.29, 1.82) is 0 Å². The molecule has 3 aromatic rings. The number of carboxylic acid groups (broad SMARTS) is 1. The van der Waals surface area contributed by atoms with Gasteiger partial charge in [0.25, 0.3) is 5.91 Å². The van der Waals surface area contributed by atoms with Crippen LogP contribution in [0.1, 0.15) is 26.2 Å². The zero-order valence-electron chi connectivity index (χ0n) is 16.5. The van der Waals surface area contributed by atoms with E-state index in [2.05, 4.69) is 5.32 Å². The summed E-state index contributed by atoms with van der Waals surface area (Å²) in [5.41, 5.74) is 0.917. The quantitative estimate of drug-likeness (QED) is 0.752. The van der Waals surface area contributed by atoms with Gasteiger partial charge in [-0.25, -0.2) is 4.79 Å². The molecular weight excluding hydrogens is 302 g/mol. The van der Waals surface area contributed by atoms with Crippen molar-refractivity contribution in [2.45, 2.75) is 0 Å². The summed E-state index contributed by atoms with van der Waals surface area (Å²) in [4.78, 5) is 24.1. The van der Waals surface area contributed by atoms with E-state index in [9.17, 15) is 14.7 Å². The van der Waals surface area contributed by atoms with Gasteiger partial charge in [0.15, 0.2) is 0 Å². The van der Waals surface area contributed by atoms with Crippen LogP contribution in [0.4, 0.5) is 5.69 Å². The third-order valence-corrected chi connectivity index (χ3v) is 3.38. The molecule has 4 nitrogen and oxygen atoms in total. The lowest BCUT2D eigenvalue weighted by Crippen LogP contribution is -2.16. The van der Waals surface area contributed by atoms with Crippen molar-refractivity contribution in [2.75, 3.05) is 5.32 Å². The second-order valence-corrected chi connectivity index (χ2v) is 4.95. The first kappa shape index (κ1) is 11.2. The molecule has 0 atom stereocenters. The van der Waals surface area contributed by atoms with Crippen LogP contribution in [0.15, 0.2) is 78.8 Å². The summed E-state index contributed by atoms with van der Waals surface area (Å²) < 4.78 is 30.9. The summed E-state index contributed by atoms with van der Waals surface area (Å²) in [6.45, 7) is 0. The molecule has 0 fully saturated rings. The summed E-state index contributed by atoms with van der Waals surface area (Å²) in [5, 5.41) is 11.8. The first-order chi connectivity index (χ1) is 13.3. The first-order valence-electron chi connectivity index (χ1n) is 9.11. The molecule has 0 aliphatic heterocycles. The van der Waals surface area contributed by atoms with E-state index in [0.717, 1.165) is 11.1 Å². The Morgan fingerprint density at radius 2 is 1.42 bits per heavy atom. The predicted octanol–water partition coefficient (Wildman–Crippen LogP) is 4.30. The minimum atomic E-state index is -1.60. The van der Waals surface area contributed by atoms with Crippen LogP contribution in [0, 0.1) is 0 Å². The van der Waals surface area contributed by atoms with E-state index >= 15 is 0 Å². The molecule has 2 N–H and O–H groups in total. The van der Waals surface area contributed by atoms with Crippen molar-refractivity contribution >= 4 is 17.6 Å². The lowest BCUT2D eigenvalue weighted by molar-refractivity contribution is 0.0692. The van der Waals surface area contributed by atoms with Gasteiger partial charge in [0, 0.05) is 5.69 Å². The molecule has 0 aliphatic rings. The van der Waals surface area contributed by atoms with Gasteiger partial charge in [-0.3, -0.25) is 4.79 Å². The number of amides is 1. The van der Waals surface area contributed by atoms with E-state index in [1.165, 1.54) is 0 Å². The Morgan fingerprint density at radius 1 is 0.833 bits per heavy atom. The predicted molar refractivity (Wildman–Crippen MR) is 93.2 cm³/mol. The van der Waals surface area contributed by atoms with E-state index < -0.39 is 47.2 Å². The number of nitrogens with one attached hydrogen (secondary N) is 1. The lowest BCUT2D eigenvalue weighted by Gasteiger charge is -2.08. The lowest BCUT2D eigenvalue weighted by atomic mass is 10.0. The van der Waals surface area contributed by atoms with Gasteiger partial charge in [0.2, 0.25) is 0 Å². The fourth-order valence-electron chi connectivity index (χ4n) is 2.21. The van der Waals surface area contributed by atoms with Crippen molar-refractivity contribution < 1.29 is 20.2 Å². The molecule has 0 bridgehead atoms. The van der Waals surface area contributed by atoms with Crippen LogP contribution in [0.5, 0.6) is 0 Å². The van der Waals surface area contributed by atoms with Crippen molar-refractivity contribution in [3.05, 3.63) is 89.9 Å². The number of anilines is 1. The number of carbonyl (C=O) groups excluding carboxylic acids is 1. The maximum Gasteiger partial charge on any atom is 0.336 e. The van der Waals surface area contributed by atoms with Crippen molar-refractivity contribution in [3.8, 4) is 11.1 Å². The number of benzene rings is 3. The van der Waals surface area contributed by atoms with Gasteiger partial charge >= 0.3 is 5.97 Å². The zero-order chi connectivity index (χ0) is 20.4. The summed E-state index contributed by atoms with van der Waals surface area (Å²) in [6.07, 6.45) is 0. The topological polar surface area (TPSA) is 66.4 Å². The summed E-state index contributed by atoms with van der Waals surface area (Å²) in [6, 6.07) is 13.6. The van der Waals surface area contributed by atoms with Gasteiger partial charge in [0.05, 0.1) is 16.6 Å². The number of hydrogen-bond acceptors (Lipinski definition) is 2. The molecule has 3 rings (SSSR count). The van der Waals surface area contributed by atoms with Crippen LogP contribution in [0.25, 0.3) is 11.1 Å². The number of hydrogen-bond donors (Lipinski definition) is 2. The van der Waals surface area contributed by atoms with Crippen LogP contribution in [0.3, 0.4) is 0 Å². The van der Waals surface area contributed by atoms with Crippen molar-refractivity contribution in [1.82, 2.24) is 0 Å². The Labute approximate surface area is 145 Å². The average molecular weight is 321 g/mol. The largest absolute Gasteiger partial charge is 0.478 e. The molecule has 0 heterocycles. The Hall–Kier alpha value is -3.40. The molecule has 0 unspecified atom stereocenters. The Bertz CT molecular complexity index is 1070. The normalized spacial score (nSPS) is 12.5. The minimum Gasteiger partial charge on any atom is -0.478 e. The van der Waals surface area contributed by atoms with Crippen LogP contribution in [0.2, 0.25) is 0 Å². The molecule has 0 spiro atoms. The van der Waals surface area contributed by atoms with Crippen LogP contribution >= 0.6 is 0 Å². The standard InChI is InChI=1S/C20H15NO3/c22-19(17-8-4-5-9-18(17)20(23)24)21-16-12-10-15(11-13-16)14-6-2-1-3-7-14/h1-13H,(H,21,22)(H,23,24)/i4D,5D,8D,9D. The molecule has 0 radical (unpaired) electrons. The molecule has 24 heavy (non-hydrogen) atoms. The molecule has 3 aromatic carbocycles. The van der Waals surface area contributed by atoms with E-state index in [-0.39, 0.29) is 0 Å². The summed E-state index contributed by atoms with van der Waals surface area (Å²) in [5.74, 6) is -2.52. The molecular formula is C20H15NO3.